The monoisotopic (exact) mass is 381 g/mol. The van der Waals surface area contributed by atoms with Crippen LogP contribution in [0.15, 0.2) is 36.4 Å². The van der Waals surface area contributed by atoms with Crippen molar-refractivity contribution in [3.05, 3.63) is 42.2 Å². The second-order valence-corrected chi connectivity index (χ2v) is 8.12. The molecule has 5 rings (SSSR count). The summed E-state index contributed by atoms with van der Waals surface area (Å²) >= 11 is 0. The zero-order chi connectivity index (χ0) is 19.3. The number of pyridine rings is 1. The number of carbonyl (C=O) groups excluding carboxylic acids is 1. The SMILES string of the molecule is Nc1ccc(-c2ccc(F)cc2)nc1NC(=O)N1C[C@@H]2C(CN3CCC3)[C@@H]2C1. The van der Waals surface area contributed by atoms with Gasteiger partial charge in [0.1, 0.15) is 5.82 Å². The molecule has 146 valence electrons. The van der Waals surface area contributed by atoms with Crippen LogP contribution in [0.1, 0.15) is 6.42 Å². The summed E-state index contributed by atoms with van der Waals surface area (Å²) < 4.78 is 13.1. The van der Waals surface area contributed by atoms with Crippen molar-refractivity contribution in [2.24, 2.45) is 17.8 Å². The van der Waals surface area contributed by atoms with Gasteiger partial charge in [0.25, 0.3) is 0 Å². The number of aromatic nitrogens is 1. The largest absolute Gasteiger partial charge is 0.396 e. The highest BCUT2D eigenvalue weighted by atomic mass is 19.1. The van der Waals surface area contributed by atoms with Crippen LogP contribution >= 0.6 is 0 Å². The smallest absolute Gasteiger partial charge is 0.323 e. The zero-order valence-corrected chi connectivity index (χ0v) is 15.6. The molecule has 2 aliphatic heterocycles. The van der Waals surface area contributed by atoms with Crippen LogP contribution in [0.2, 0.25) is 0 Å². The summed E-state index contributed by atoms with van der Waals surface area (Å²) in [5, 5.41) is 2.86. The average molecular weight is 381 g/mol. The van der Waals surface area contributed by atoms with Gasteiger partial charge in [-0.05, 0) is 73.7 Å². The molecule has 1 saturated carbocycles. The van der Waals surface area contributed by atoms with Crippen LogP contribution in [-0.2, 0) is 0 Å². The van der Waals surface area contributed by atoms with Gasteiger partial charge in [0.15, 0.2) is 5.82 Å². The number of fused-ring (bicyclic) bond motifs is 1. The molecule has 1 aliphatic carbocycles. The number of rotatable bonds is 4. The molecule has 0 spiro atoms. The van der Waals surface area contributed by atoms with Gasteiger partial charge in [-0.3, -0.25) is 5.32 Å². The van der Waals surface area contributed by atoms with Crippen molar-refractivity contribution in [2.45, 2.75) is 6.42 Å². The lowest BCUT2D eigenvalue weighted by Crippen LogP contribution is -2.41. The van der Waals surface area contributed by atoms with Crippen LogP contribution in [0.3, 0.4) is 0 Å². The van der Waals surface area contributed by atoms with Gasteiger partial charge in [0.2, 0.25) is 0 Å². The Morgan fingerprint density at radius 1 is 1.14 bits per heavy atom. The molecule has 3 fully saturated rings. The number of halogens is 1. The molecule has 1 aromatic heterocycles. The van der Waals surface area contributed by atoms with Crippen molar-refractivity contribution in [1.82, 2.24) is 14.8 Å². The molecule has 2 aromatic rings. The summed E-state index contributed by atoms with van der Waals surface area (Å²) in [7, 11) is 0. The van der Waals surface area contributed by atoms with Crippen LogP contribution in [-0.4, -0.2) is 53.5 Å². The normalized spacial score (nSPS) is 25.9. The van der Waals surface area contributed by atoms with Crippen molar-refractivity contribution in [2.75, 3.05) is 43.8 Å². The maximum atomic E-state index is 13.1. The number of hydrogen-bond acceptors (Lipinski definition) is 4. The number of nitrogens with zero attached hydrogens (tertiary/aromatic N) is 3. The Morgan fingerprint density at radius 3 is 2.50 bits per heavy atom. The van der Waals surface area contributed by atoms with Crippen molar-refractivity contribution in [3.63, 3.8) is 0 Å². The van der Waals surface area contributed by atoms with Crippen LogP contribution in [0.25, 0.3) is 11.3 Å². The minimum absolute atomic E-state index is 0.148. The average Bonchev–Trinajstić information content (AvgIpc) is 3.08. The predicted molar refractivity (Wildman–Crippen MR) is 106 cm³/mol. The lowest BCUT2D eigenvalue weighted by molar-refractivity contribution is 0.159. The molecule has 0 radical (unpaired) electrons. The molecule has 1 aromatic carbocycles. The van der Waals surface area contributed by atoms with Crippen LogP contribution in [0.5, 0.6) is 0 Å². The van der Waals surface area contributed by atoms with Gasteiger partial charge in [0, 0.05) is 25.2 Å². The Labute approximate surface area is 163 Å². The number of carbonyl (C=O) groups is 1. The lowest BCUT2D eigenvalue weighted by Gasteiger charge is -2.31. The first-order valence-electron chi connectivity index (χ1n) is 9.89. The number of amides is 2. The Bertz CT molecular complexity index is 886. The highest BCUT2D eigenvalue weighted by Gasteiger charge is 2.56. The summed E-state index contributed by atoms with van der Waals surface area (Å²) in [5.74, 6) is 2.09. The molecule has 6 nitrogen and oxygen atoms in total. The number of nitrogen functional groups attached to an aromatic ring is 1. The minimum Gasteiger partial charge on any atom is -0.396 e. The van der Waals surface area contributed by atoms with E-state index in [-0.39, 0.29) is 11.8 Å². The highest BCUT2D eigenvalue weighted by molar-refractivity contribution is 5.92. The maximum absolute atomic E-state index is 13.1. The van der Waals surface area contributed by atoms with E-state index in [0.717, 1.165) is 24.6 Å². The molecular weight excluding hydrogens is 357 g/mol. The minimum atomic E-state index is -0.298. The number of urea groups is 1. The zero-order valence-electron chi connectivity index (χ0n) is 15.6. The molecule has 7 heteroatoms. The van der Waals surface area contributed by atoms with E-state index in [0.29, 0.717) is 29.0 Å². The van der Waals surface area contributed by atoms with Crippen molar-refractivity contribution < 1.29 is 9.18 Å². The Kier molecular flexibility index (Phi) is 4.19. The Hall–Kier alpha value is -2.67. The number of anilines is 2. The first kappa shape index (κ1) is 17.4. The number of hydrogen-bond donors (Lipinski definition) is 2. The van der Waals surface area contributed by atoms with E-state index in [1.165, 1.54) is 38.2 Å². The number of piperidine rings is 1. The summed E-state index contributed by atoms with van der Waals surface area (Å²) in [6.07, 6.45) is 1.32. The van der Waals surface area contributed by atoms with Gasteiger partial charge in [-0.1, -0.05) is 0 Å². The summed E-state index contributed by atoms with van der Waals surface area (Å²) in [4.78, 5) is 21.5. The second kappa shape index (κ2) is 6.74. The van der Waals surface area contributed by atoms with Gasteiger partial charge < -0.3 is 15.5 Å². The van der Waals surface area contributed by atoms with E-state index < -0.39 is 0 Å². The fourth-order valence-electron chi connectivity index (χ4n) is 4.48. The molecule has 3 N–H and O–H groups in total. The lowest BCUT2D eigenvalue weighted by atomic mass is 10.1. The van der Waals surface area contributed by atoms with E-state index in [1.54, 1.807) is 24.3 Å². The third-order valence-electron chi connectivity index (χ3n) is 6.37. The molecule has 3 aliphatic rings. The molecule has 3 atom stereocenters. The first-order chi connectivity index (χ1) is 13.6. The van der Waals surface area contributed by atoms with Crippen LogP contribution < -0.4 is 11.1 Å². The van der Waals surface area contributed by atoms with Crippen LogP contribution in [0, 0.1) is 23.6 Å². The Balaban J connectivity index is 1.22. The van der Waals surface area contributed by atoms with Gasteiger partial charge in [-0.25, -0.2) is 14.2 Å². The van der Waals surface area contributed by atoms with E-state index in [9.17, 15) is 9.18 Å². The van der Waals surface area contributed by atoms with Gasteiger partial charge in [0.05, 0.1) is 11.4 Å². The van der Waals surface area contributed by atoms with Crippen LogP contribution in [0.4, 0.5) is 20.7 Å². The fraction of sp³-hybridized carbons (Fsp3) is 0.429. The number of likely N-dealkylation sites (tertiary alicyclic amines) is 2. The molecule has 0 bridgehead atoms. The number of benzene rings is 1. The van der Waals surface area contributed by atoms with E-state index in [2.05, 4.69) is 15.2 Å². The van der Waals surface area contributed by atoms with Gasteiger partial charge in [-0.2, -0.15) is 0 Å². The third-order valence-corrected chi connectivity index (χ3v) is 6.37. The summed E-state index contributed by atoms with van der Waals surface area (Å²) in [5.41, 5.74) is 7.84. The maximum Gasteiger partial charge on any atom is 0.323 e. The predicted octanol–water partition coefficient (Wildman–Crippen LogP) is 2.89. The molecule has 1 unspecified atom stereocenters. The standard InChI is InChI=1S/C21H24FN5O/c22-14-4-2-13(3-5-14)19-7-6-18(23)20(24-19)25-21(28)27-11-16-15(17(16)12-27)10-26-8-1-9-26/h2-7,15-17H,1,8-12,23H2,(H,24,25,28)/t15?,16-,17+. The molecule has 3 heterocycles. The van der Waals surface area contributed by atoms with E-state index in [1.807, 2.05) is 4.90 Å². The van der Waals surface area contributed by atoms with Crippen molar-refractivity contribution >= 4 is 17.5 Å². The summed E-state index contributed by atoms with van der Waals surface area (Å²) in [6, 6.07) is 9.43. The molecule has 28 heavy (non-hydrogen) atoms. The highest BCUT2D eigenvalue weighted by Crippen LogP contribution is 2.52. The first-order valence-corrected chi connectivity index (χ1v) is 9.89. The summed E-state index contributed by atoms with van der Waals surface area (Å²) in [6.45, 7) is 5.28. The third kappa shape index (κ3) is 3.20. The quantitative estimate of drug-likeness (QED) is 0.854. The molecule has 2 saturated heterocycles. The number of nitrogens with two attached hydrogens (primary N) is 1. The fourth-order valence-corrected chi connectivity index (χ4v) is 4.48. The number of nitrogens with one attached hydrogen (secondary N) is 1. The van der Waals surface area contributed by atoms with E-state index >= 15 is 0 Å². The van der Waals surface area contributed by atoms with Crippen molar-refractivity contribution in [3.8, 4) is 11.3 Å². The van der Waals surface area contributed by atoms with Gasteiger partial charge in [-0.15, -0.1) is 0 Å². The topological polar surface area (TPSA) is 74.5 Å². The second-order valence-electron chi connectivity index (χ2n) is 8.12. The Morgan fingerprint density at radius 2 is 1.86 bits per heavy atom. The molecule has 2 amide bonds. The molecular formula is C21H24FN5O. The van der Waals surface area contributed by atoms with Crippen molar-refractivity contribution in [1.29, 1.82) is 0 Å². The van der Waals surface area contributed by atoms with E-state index in [4.69, 9.17) is 5.73 Å². The van der Waals surface area contributed by atoms with Gasteiger partial charge >= 0.3 is 6.03 Å².